The molecule has 4 aromatic rings. The van der Waals surface area contributed by atoms with Crippen molar-refractivity contribution in [2.24, 2.45) is 0 Å². The number of nitrogens with zero attached hydrogens (tertiary/aromatic N) is 1. The number of hydrogen-bond donors (Lipinski definition) is 2. The predicted octanol–water partition coefficient (Wildman–Crippen LogP) is 7.15. The van der Waals surface area contributed by atoms with Gasteiger partial charge in [-0.25, -0.2) is 0 Å². The summed E-state index contributed by atoms with van der Waals surface area (Å²) in [5.41, 5.74) is 5.21. The molecule has 4 aromatic carbocycles. The van der Waals surface area contributed by atoms with Gasteiger partial charge in [-0.05, 0) is 70.8 Å². The van der Waals surface area contributed by atoms with E-state index in [0.29, 0.717) is 53.3 Å². The van der Waals surface area contributed by atoms with Crippen LogP contribution in [-0.4, -0.2) is 54.6 Å². The van der Waals surface area contributed by atoms with E-state index >= 15 is 0 Å². The van der Waals surface area contributed by atoms with Gasteiger partial charge in [0, 0.05) is 30.8 Å². The lowest BCUT2D eigenvalue weighted by atomic mass is 9.87. The van der Waals surface area contributed by atoms with Gasteiger partial charge in [0.25, 0.3) is 11.8 Å². The van der Waals surface area contributed by atoms with Crippen molar-refractivity contribution < 1.29 is 29.0 Å². The highest BCUT2D eigenvalue weighted by Crippen LogP contribution is 2.30. The van der Waals surface area contributed by atoms with E-state index in [-0.39, 0.29) is 36.7 Å². The zero-order valence-electron chi connectivity index (χ0n) is 27.8. The molecule has 246 valence electrons. The lowest BCUT2D eigenvalue weighted by Gasteiger charge is -2.24. The molecule has 4 rings (SSSR count). The van der Waals surface area contributed by atoms with E-state index in [1.165, 1.54) is 5.56 Å². The fraction of sp³-hybridized carbons (Fsp3) is 0.308. The lowest BCUT2D eigenvalue weighted by Crippen LogP contribution is -2.35. The first kappa shape index (κ1) is 34.8. The minimum Gasteiger partial charge on any atom is -0.493 e. The minimum absolute atomic E-state index is 0.0345. The van der Waals surface area contributed by atoms with Gasteiger partial charge in [-0.2, -0.15) is 0 Å². The summed E-state index contributed by atoms with van der Waals surface area (Å²) in [6.45, 7) is 9.56. The summed E-state index contributed by atoms with van der Waals surface area (Å²) in [6.07, 6.45) is 0.280. The zero-order chi connectivity index (χ0) is 34.0. The molecule has 8 heteroatoms. The average Bonchev–Trinajstić information content (AvgIpc) is 3.07. The normalized spacial score (nSPS) is 11.1. The van der Waals surface area contributed by atoms with Crippen molar-refractivity contribution in [3.63, 3.8) is 0 Å². The second-order valence-corrected chi connectivity index (χ2v) is 12.3. The van der Waals surface area contributed by atoms with Crippen LogP contribution in [-0.2, 0) is 23.2 Å². The molecule has 0 aliphatic rings. The third-order valence-electron chi connectivity index (χ3n) is 7.97. The average molecular weight is 637 g/mol. The van der Waals surface area contributed by atoms with E-state index in [9.17, 15) is 19.5 Å². The number of carboxylic acid groups (broad SMARTS) is 1. The highest BCUT2D eigenvalue weighted by molar-refractivity contribution is 6.06. The smallest absolute Gasteiger partial charge is 0.305 e. The first-order valence-electron chi connectivity index (χ1n) is 15.9. The third kappa shape index (κ3) is 9.22. The van der Waals surface area contributed by atoms with Crippen LogP contribution in [0.15, 0.2) is 91.0 Å². The molecule has 0 heterocycles. The molecular formula is C39H44N2O6. The standard InChI is InChI=1S/C39H44N2O6/c1-6-47-34-20-17-27(25-35(34)46-5)21-23-41(24-22-36(42)43)38(45)33-14-10-8-12-31(33)30-11-7-9-13-32(30)37(44)40-26-28-15-18-29(19-16-28)39(2,3)4/h7-20,25H,6,21-24,26H2,1-5H3,(H,40,44)(H,42,43). The molecule has 0 aliphatic carbocycles. The van der Waals surface area contributed by atoms with Gasteiger partial charge in [0.15, 0.2) is 11.5 Å². The Morgan fingerprint density at radius 2 is 1.40 bits per heavy atom. The molecule has 0 saturated heterocycles. The fourth-order valence-corrected chi connectivity index (χ4v) is 5.34. The van der Waals surface area contributed by atoms with Crippen LogP contribution in [0.2, 0.25) is 0 Å². The van der Waals surface area contributed by atoms with Crippen LogP contribution in [0.4, 0.5) is 0 Å². The first-order chi connectivity index (χ1) is 22.5. The van der Waals surface area contributed by atoms with Crippen molar-refractivity contribution in [1.29, 1.82) is 0 Å². The molecule has 2 N–H and O–H groups in total. The zero-order valence-corrected chi connectivity index (χ0v) is 27.8. The number of benzene rings is 4. The van der Waals surface area contributed by atoms with E-state index in [4.69, 9.17) is 9.47 Å². The molecular weight excluding hydrogens is 592 g/mol. The number of carbonyl (C=O) groups is 3. The molecule has 0 fully saturated rings. The van der Waals surface area contributed by atoms with Crippen molar-refractivity contribution in [3.8, 4) is 22.6 Å². The number of nitrogens with one attached hydrogen (secondary N) is 1. The summed E-state index contributed by atoms with van der Waals surface area (Å²) in [5.74, 6) is -0.333. The predicted molar refractivity (Wildman–Crippen MR) is 184 cm³/mol. The number of carbonyl (C=O) groups excluding carboxylic acids is 2. The van der Waals surface area contributed by atoms with Gasteiger partial charge in [-0.1, -0.05) is 87.5 Å². The van der Waals surface area contributed by atoms with Crippen LogP contribution in [0.1, 0.15) is 71.5 Å². The highest BCUT2D eigenvalue weighted by atomic mass is 16.5. The van der Waals surface area contributed by atoms with Crippen LogP contribution in [0.25, 0.3) is 11.1 Å². The summed E-state index contributed by atoms with van der Waals surface area (Å²) in [5, 5.41) is 12.5. The maximum Gasteiger partial charge on any atom is 0.305 e. The van der Waals surface area contributed by atoms with Crippen molar-refractivity contribution in [1.82, 2.24) is 10.2 Å². The molecule has 47 heavy (non-hydrogen) atoms. The van der Waals surface area contributed by atoms with Gasteiger partial charge < -0.3 is 24.8 Å². The van der Waals surface area contributed by atoms with Gasteiger partial charge in [-0.15, -0.1) is 0 Å². The van der Waals surface area contributed by atoms with Crippen molar-refractivity contribution in [2.75, 3.05) is 26.8 Å². The van der Waals surface area contributed by atoms with E-state index in [0.717, 1.165) is 11.1 Å². The van der Waals surface area contributed by atoms with Gasteiger partial charge in [0.2, 0.25) is 0 Å². The molecule has 0 bridgehead atoms. The van der Waals surface area contributed by atoms with E-state index in [2.05, 4.69) is 38.2 Å². The van der Waals surface area contributed by atoms with E-state index in [1.54, 1.807) is 36.3 Å². The summed E-state index contributed by atoms with van der Waals surface area (Å²) < 4.78 is 11.1. The van der Waals surface area contributed by atoms with Crippen LogP contribution < -0.4 is 14.8 Å². The first-order valence-corrected chi connectivity index (χ1v) is 15.9. The van der Waals surface area contributed by atoms with Crippen molar-refractivity contribution >= 4 is 17.8 Å². The molecule has 0 unspecified atom stereocenters. The molecule has 0 spiro atoms. The number of methoxy groups -OCH3 is 1. The second kappa shape index (κ2) is 15.9. The molecule has 0 aromatic heterocycles. The summed E-state index contributed by atoms with van der Waals surface area (Å²) >= 11 is 0. The maximum atomic E-state index is 14.1. The second-order valence-electron chi connectivity index (χ2n) is 12.3. The molecule has 0 atom stereocenters. The van der Waals surface area contributed by atoms with Crippen LogP contribution in [0, 0.1) is 0 Å². The quantitative estimate of drug-likeness (QED) is 0.152. The van der Waals surface area contributed by atoms with E-state index in [1.807, 2.05) is 61.5 Å². The summed E-state index contributed by atoms with van der Waals surface area (Å²) in [4.78, 5) is 40.7. The largest absolute Gasteiger partial charge is 0.493 e. The van der Waals surface area contributed by atoms with Gasteiger partial charge >= 0.3 is 5.97 Å². The summed E-state index contributed by atoms with van der Waals surface area (Å²) in [6, 6.07) is 28.2. The number of hydrogen-bond acceptors (Lipinski definition) is 5. The number of carboxylic acids is 1. The minimum atomic E-state index is -0.992. The summed E-state index contributed by atoms with van der Waals surface area (Å²) in [7, 11) is 1.57. The molecule has 2 amide bonds. The van der Waals surface area contributed by atoms with Gasteiger partial charge in [-0.3, -0.25) is 14.4 Å². The number of ether oxygens (including phenoxy) is 2. The third-order valence-corrected chi connectivity index (χ3v) is 7.97. The van der Waals surface area contributed by atoms with Gasteiger partial charge in [0.05, 0.1) is 20.1 Å². The Bertz CT molecular complexity index is 1690. The lowest BCUT2D eigenvalue weighted by molar-refractivity contribution is -0.137. The Kier molecular flexibility index (Phi) is 11.8. The maximum absolute atomic E-state index is 14.1. The van der Waals surface area contributed by atoms with Crippen LogP contribution in [0.5, 0.6) is 11.5 Å². The Balaban J connectivity index is 1.57. The molecule has 0 aliphatic heterocycles. The monoisotopic (exact) mass is 636 g/mol. The van der Waals surface area contributed by atoms with Crippen molar-refractivity contribution in [3.05, 3.63) is 119 Å². The number of amides is 2. The van der Waals surface area contributed by atoms with Crippen molar-refractivity contribution in [2.45, 2.75) is 52.5 Å². The number of aliphatic carboxylic acids is 1. The fourth-order valence-electron chi connectivity index (χ4n) is 5.34. The Hall–Kier alpha value is -5.11. The SMILES string of the molecule is CCOc1ccc(CCN(CCC(=O)O)C(=O)c2ccccc2-c2ccccc2C(=O)NCc2ccc(C(C)(C)C)cc2)cc1OC. The molecule has 8 nitrogen and oxygen atoms in total. The Labute approximate surface area is 277 Å². The van der Waals surface area contributed by atoms with Crippen LogP contribution >= 0.6 is 0 Å². The topological polar surface area (TPSA) is 105 Å². The van der Waals surface area contributed by atoms with Crippen LogP contribution in [0.3, 0.4) is 0 Å². The molecule has 0 saturated carbocycles. The Morgan fingerprint density at radius 3 is 2.02 bits per heavy atom. The van der Waals surface area contributed by atoms with E-state index < -0.39 is 5.97 Å². The number of rotatable bonds is 14. The Morgan fingerprint density at radius 1 is 0.787 bits per heavy atom. The van der Waals surface area contributed by atoms with Gasteiger partial charge in [0.1, 0.15) is 0 Å². The molecule has 0 radical (unpaired) electrons. The highest BCUT2D eigenvalue weighted by Gasteiger charge is 2.23.